The zero-order valence-corrected chi connectivity index (χ0v) is 11.4. The van der Waals surface area contributed by atoms with E-state index in [1.54, 1.807) is 0 Å². The second kappa shape index (κ2) is 4.72. The number of hydrogen-bond donors (Lipinski definition) is 2. The van der Waals surface area contributed by atoms with Crippen LogP contribution in [0.3, 0.4) is 0 Å². The molecule has 0 bridgehead atoms. The standard InChI is InChI=1S/C16H21N3/c1-2-6-16(7-8-16)11-19-15-4-3-14(17)13-10-18-9-5-12(13)15/h3-5,9-10,19H,2,6-8,11,17H2,1H3. The summed E-state index contributed by atoms with van der Waals surface area (Å²) in [4.78, 5) is 4.16. The molecule has 0 aliphatic heterocycles. The van der Waals surface area contributed by atoms with Crippen molar-refractivity contribution in [2.75, 3.05) is 17.6 Å². The van der Waals surface area contributed by atoms with Crippen molar-refractivity contribution < 1.29 is 0 Å². The highest BCUT2D eigenvalue weighted by Gasteiger charge is 2.41. The quantitative estimate of drug-likeness (QED) is 0.799. The summed E-state index contributed by atoms with van der Waals surface area (Å²) in [5, 5.41) is 5.82. The van der Waals surface area contributed by atoms with Crippen molar-refractivity contribution in [3.05, 3.63) is 30.6 Å². The Morgan fingerprint density at radius 2 is 2.11 bits per heavy atom. The summed E-state index contributed by atoms with van der Waals surface area (Å²) in [6.07, 6.45) is 8.99. The predicted octanol–water partition coefficient (Wildman–Crippen LogP) is 3.81. The molecule has 1 aromatic carbocycles. The Labute approximate surface area is 114 Å². The van der Waals surface area contributed by atoms with Gasteiger partial charge in [-0.3, -0.25) is 4.98 Å². The Hall–Kier alpha value is -1.77. The molecule has 2 aromatic rings. The average Bonchev–Trinajstić information content (AvgIpc) is 3.19. The van der Waals surface area contributed by atoms with Crippen molar-refractivity contribution in [3.63, 3.8) is 0 Å². The second-order valence-electron chi connectivity index (χ2n) is 5.73. The molecule has 0 spiro atoms. The first kappa shape index (κ1) is 12.3. The van der Waals surface area contributed by atoms with Crippen LogP contribution in [0, 0.1) is 5.41 Å². The zero-order chi connectivity index (χ0) is 13.3. The molecular formula is C16H21N3. The maximum Gasteiger partial charge on any atom is 0.0422 e. The molecule has 3 rings (SSSR count). The average molecular weight is 255 g/mol. The molecule has 0 atom stereocenters. The van der Waals surface area contributed by atoms with E-state index in [1.165, 1.54) is 36.8 Å². The lowest BCUT2D eigenvalue weighted by Gasteiger charge is -2.17. The summed E-state index contributed by atoms with van der Waals surface area (Å²) < 4.78 is 0. The summed E-state index contributed by atoms with van der Waals surface area (Å²) in [5.74, 6) is 0. The van der Waals surface area contributed by atoms with Crippen LogP contribution in [0.15, 0.2) is 30.6 Å². The summed E-state index contributed by atoms with van der Waals surface area (Å²) in [5.41, 5.74) is 8.52. The van der Waals surface area contributed by atoms with Gasteiger partial charge in [-0.1, -0.05) is 13.3 Å². The molecule has 0 unspecified atom stereocenters. The third-order valence-electron chi connectivity index (χ3n) is 4.24. The number of nitrogen functional groups attached to an aromatic ring is 1. The van der Waals surface area contributed by atoms with Gasteiger partial charge in [0, 0.05) is 41.1 Å². The van der Waals surface area contributed by atoms with Gasteiger partial charge in [0.2, 0.25) is 0 Å². The third kappa shape index (κ3) is 2.37. The highest BCUT2D eigenvalue weighted by molar-refractivity contribution is 6.00. The van der Waals surface area contributed by atoms with Gasteiger partial charge in [0.15, 0.2) is 0 Å². The number of nitrogens with one attached hydrogen (secondary N) is 1. The molecule has 100 valence electrons. The van der Waals surface area contributed by atoms with E-state index >= 15 is 0 Å². The van der Waals surface area contributed by atoms with Crippen molar-refractivity contribution in [2.45, 2.75) is 32.6 Å². The Bertz CT molecular complexity index is 588. The molecule has 3 N–H and O–H groups in total. The summed E-state index contributed by atoms with van der Waals surface area (Å²) in [6.45, 7) is 3.34. The first-order valence-corrected chi connectivity index (χ1v) is 7.10. The number of aromatic nitrogens is 1. The van der Waals surface area contributed by atoms with E-state index in [2.05, 4.69) is 23.3 Å². The monoisotopic (exact) mass is 255 g/mol. The molecule has 3 heteroatoms. The Balaban J connectivity index is 1.84. The van der Waals surface area contributed by atoms with E-state index in [1.807, 2.05) is 24.5 Å². The minimum Gasteiger partial charge on any atom is -0.398 e. The summed E-state index contributed by atoms with van der Waals surface area (Å²) in [6, 6.07) is 6.08. The summed E-state index contributed by atoms with van der Waals surface area (Å²) in [7, 11) is 0. The van der Waals surface area contributed by atoms with Crippen LogP contribution < -0.4 is 11.1 Å². The fourth-order valence-corrected chi connectivity index (χ4v) is 2.87. The minimum absolute atomic E-state index is 0.551. The van der Waals surface area contributed by atoms with E-state index < -0.39 is 0 Å². The molecule has 1 heterocycles. The number of nitrogens with zero attached hydrogens (tertiary/aromatic N) is 1. The number of benzene rings is 1. The molecule has 0 amide bonds. The maximum atomic E-state index is 6.00. The van der Waals surface area contributed by atoms with Gasteiger partial charge in [0.05, 0.1) is 0 Å². The topological polar surface area (TPSA) is 50.9 Å². The Kier molecular flexibility index (Phi) is 3.05. The lowest BCUT2D eigenvalue weighted by Crippen LogP contribution is -2.15. The van der Waals surface area contributed by atoms with Gasteiger partial charge in [-0.05, 0) is 42.9 Å². The molecule has 1 aliphatic rings. The maximum absolute atomic E-state index is 6.00. The fraction of sp³-hybridized carbons (Fsp3) is 0.438. The van der Waals surface area contributed by atoms with Crippen LogP contribution in [0.2, 0.25) is 0 Å². The molecule has 3 nitrogen and oxygen atoms in total. The highest BCUT2D eigenvalue weighted by Crippen LogP contribution is 2.49. The van der Waals surface area contributed by atoms with Crippen LogP contribution in [-0.4, -0.2) is 11.5 Å². The molecule has 1 aromatic heterocycles. The SMILES string of the molecule is CCCC1(CNc2ccc(N)c3cnccc23)CC1. The Morgan fingerprint density at radius 3 is 2.84 bits per heavy atom. The second-order valence-corrected chi connectivity index (χ2v) is 5.73. The normalized spacial score (nSPS) is 16.5. The van der Waals surface area contributed by atoms with E-state index in [0.29, 0.717) is 5.41 Å². The minimum atomic E-state index is 0.551. The van der Waals surface area contributed by atoms with E-state index in [0.717, 1.165) is 17.6 Å². The van der Waals surface area contributed by atoms with Gasteiger partial charge in [-0.15, -0.1) is 0 Å². The van der Waals surface area contributed by atoms with Crippen molar-refractivity contribution in [3.8, 4) is 0 Å². The van der Waals surface area contributed by atoms with E-state index in [4.69, 9.17) is 5.73 Å². The van der Waals surface area contributed by atoms with Gasteiger partial charge in [-0.2, -0.15) is 0 Å². The molecule has 0 radical (unpaired) electrons. The van der Waals surface area contributed by atoms with Crippen molar-refractivity contribution >= 4 is 22.1 Å². The highest BCUT2D eigenvalue weighted by atomic mass is 14.9. The molecular weight excluding hydrogens is 234 g/mol. The number of rotatable bonds is 5. The van der Waals surface area contributed by atoms with Crippen molar-refractivity contribution in [1.82, 2.24) is 4.98 Å². The van der Waals surface area contributed by atoms with Gasteiger partial charge < -0.3 is 11.1 Å². The largest absolute Gasteiger partial charge is 0.398 e. The van der Waals surface area contributed by atoms with Crippen LogP contribution in [-0.2, 0) is 0 Å². The number of pyridine rings is 1. The fourth-order valence-electron chi connectivity index (χ4n) is 2.87. The van der Waals surface area contributed by atoms with Crippen molar-refractivity contribution in [1.29, 1.82) is 0 Å². The van der Waals surface area contributed by atoms with Crippen LogP contribution in [0.4, 0.5) is 11.4 Å². The van der Waals surface area contributed by atoms with Gasteiger partial charge in [0.1, 0.15) is 0 Å². The molecule has 1 aliphatic carbocycles. The lowest BCUT2D eigenvalue weighted by atomic mass is 10.0. The van der Waals surface area contributed by atoms with E-state index in [9.17, 15) is 0 Å². The van der Waals surface area contributed by atoms with Crippen LogP contribution in [0.25, 0.3) is 10.8 Å². The number of nitrogens with two attached hydrogens (primary N) is 1. The molecule has 0 saturated heterocycles. The van der Waals surface area contributed by atoms with Gasteiger partial charge in [-0.25, -0.2) is 0 Å². The van der Waals surface area contributed by atoms with E-state index in [-0.39, 0.29) is 0 Å². The first-order valence-electron chi connectivity index (χ1n) is 7.10. The Morgan fingerprint density at radius 1 is 1.26 bits per heavy atom. The van der Waals surface area contributed by atoms with Gasteiger partial charge in [0.25, 0.3) is 0 Å². The first-order chi connectivity index (χ1) is 9.24. The molecule has 1 saturated carbocycles. The third-order valence-corrected chi connectivity index (χ3v) is 4.24. The van der Waals surface area contributed by atoms with Crippen molar-refractivity contribution in [2.24, 2.45) is 5.41 Å². The number of anilines is 2. The lowest BCUT2D eigenvalue weighted by molar-refractivity contribution is 0.486. The molecule has 19 heavy (non-hydrogen) atoms. The zero-order valence-electron chi connectivity index (χ0n) is 11.4. The number of hydrogen-bond acceptors (Lipinski definition) is 3. The van der Waals surface area contributed by atoms with Crippen LogP contribution in [0.1, 0.15) is 32.6 Å². The van der Waals surface area contributed by atoms with Crippen LogP contribution in [0.5, 0.6) is 0 Å². The summed E-state index contributed by atoms with van der Waals surface area (Å²) >= 11 is 0. The van der Waals surface area contributed by atoms with Gasteiger partial charge >= 0.3 is 0 Å². The number of fused-ring (bicyclic) bond motifs is 1. The van der Waals surface area contributed by atoms with Crippen LogP contribution >= 0.6 is 0 Å². The predicted molar refractivity (Wildman–Crippen MR) is 81.2 cm³/mol. The smallest absolute Gasteiger partial charge is 0.0422 e. The molecule has 1 fully saturated rings.